The molecule has 0 saturated heterocycles. The molecule has 4 nitrogen and oxygen atoms in total. The number of benzene rings is 1. The van der Waals surface area contributed by atoms with E-state index in [0.29, 0.717) is 10.2 Å². The van der Waals surface area contributed by atoms with Crippen LogP contribution in [0.15, 0.2) is 27.6 Å². The average Bonchev–Trinajstić information content (AvgIpc) is 2.32. The van der Waals surface area contributed by atoms with Crippen LogP contribution in [-0.4, -0.2) is 26.0 Å². The monoisotopic (exact) mass is 366 g/mol. The maximum absolute atomic E-state index is 12.2. The lowest BCUT2D eigenvalue weighted by Crippen LogP contribution is -2.33. The van der Waals surface area contributed by atoms with Crippen LogP contribution >= 0.6 is 27.7 Å². The van der Waals surface area contributed by atoms with Crippen LogP contribution in [0.5, 0.6) is 0 Å². The number of halogens is 1. The number of sulfonamides is 1. The molecule has 0 amide bonds. The molecule has 0 saturated carbocycles. The summed E-state index contributed by atoms with van der Waals surface area (Å²) in [5.41, 5.74) is 6.07. The van der Waals surface area contributed by atoms with Crippen molar-refractivity contribution in [1.29, 1.82) is 0 Å². The van der Waals surface area contributed by atoms with Gasteiger partial charge >= 0.3 is 0 Å². The van der Waals surface area contributed by atoms with Gasteiger partial charge in [-0.3, -0.25) is 0 Å². The molecular formula is C12H19BrN2O2S2. The highest BCUT2D eigenvalue weighted by Crippen LogP contribution is 2.24. The van der Waals surface area contributed by atoms with Gasteiger partial charge in [-0.2, -0.15) is 11.8 Å². The first-order valence-corrected chi connectivity index (χ1v) is 9.45. The zero-order valence-corrected chi connectivity index (χ0v) is 14.2. The Morgan fingerprint density at radius 2 is 2.16 bits per heavy atom. The van der Waals surface area contributed by atoms with Crippen molar-refractivity contribution in [3.8, 4) is 0 Å². The van der Waals surface area contributed by atoms with Gasteiger partial charge < -0.3 is 5.73 Å². The normalized spacial score (nSPS) is 13.4. The van der Waals surface area contributed by atoms with Crippen molar-refractivity contribution in [1.82, 2.24) is 4.72 Å². The third kappa shape index (κ3) is 5.33. The number of hydrogen-bond donors (Lipinski definition) is 2. The highest BCUT2D eigenvalue weighted by Gasteiger charge is 2.20. The summed E-state index contributed by atoms with van der Waals surface area (Å²) in [5.74, 6) is 1.98. The van der Waals surface area contributed by atoms with Gasteiger partial charge in [0.05, 0.1) is 4.90 Å². The molecule has 0 aliphatic rings. The van der Waals surface area contributed by atoms with Gasteiger partial charge in [-0.05, 0) is 59.0 Å². The molecular weight excluding hydrogens is 348 g/mol. The molecule has 7 heteroatoms. The van der Waals surface area contributed by atoms with E-state index in [1.54, 1.807) is 23.9 Å². The summed E-state index contributed by atoms with van der Waals surface area (Å²) in [5, 5.41) is 0. The zero-order chi connectivity index (χ0) is 14.5. The Balaban J connectivity index is 2.78. The second kappa shape index (κ2) is 7.52. The summed E-state index contributed by atoms with van der Waals surface area (Å²) in [4.78, 5) is 0.183. The van der Waals surface area contributed by atoms with Gasteiger partial charge in [0.25, 0.3) is 0 Å². The van der Waals surface area contributed by atoms with Gasteiger partial charge in [0, 0.05) is 16.2 Å². The van der Waals surface area contributed by atoms with E-state index in [2.05, 4.69) is 27.6 Å². The molecule has 0 bridgehead atoms. The van der Waals surface area contributed by atoms with Crippen molar-refractivity contribution in [2.24, 2.45) is 0 Å². The lowest BCUT2D eigenvalue weighted by molar-refractivity contribution is 0.556. The highest BCUT2D eigenvalue weighted by atomic mass is 79.9. The summed E-state index contributed by atoms with van der Waals surface area (Å²) >= 11 is 5.04. The van der Waals surface area contributed by atoms with E-state index >= 15 is 0 Å². The zero-order valence-electron chi connectivity index (χ0n) is 11.0. The van der Waals surface area contributed by atoms with E-state index in [4.69, 9.17) is 5.73 Å². The Labute approximate surface area is 127 Å². The fraction of sp³-hybridized carbons (Fsp3) is 0.500. The van der Waals surface area contributed by atoms with Crippen LogP contribution in [0.3, 0.4) is 0 Å². The molecule has 0 radical (unpaired) electrons. The van der Waals surface area contributed by atoms with Gasteiger partial charge in [0.2, 0.25) is 10.0 Å². The molecule has 1 rings (SSSR count). The van der Waals surface area contributed by atoms with Gasteiger partial charge in [-0.15, -0.1) is 0 Å². The summed E-state index contributed by atoms with van der Waals surface area (Å²) in [6, 6.07) is 4.66. The minimum Gasteiger partial charge on any atom is -0.399 e. The Hall–Kier alpha value is -0.240. The van der Waals surface area contributed by atoms with Gasteiger partial charge in [-0.25, -0.2) is 13.1 Å². The first kappa shape index (κ1) is 16.8. The van der Waals surface area contributed by atoms with Crippen molar-refractivity contribution in [3.63, 3.8) is 0 Å². The van der Waals surface area contributed by atoms with Crippen molar-refractivity contribution < 1.29 is 8.42 Å². The summed E-state index contributed by atoms with van der Waals surface area (Å²) in [7, 11) is -3.54. The maximum Gasteiger partial charge on any atom is 0.242 e. The smallest absolute Gasteiger partial charge is 0.242 e. The van der Waals surface area contributed by atoms with Crippen molar-refractivity contribution >= 4 is 43.4 Å². The molecule has 0 aliphatic heterocycles. The molecule has 1 aromatic rings. The molecule has 0 aliphatic carbocycles. The van der Waals surface area contributed by atoms with Crippen LogP contribution in [0.2, 0.25) is 0 Å². The lowest BCUT2D eigenvalue weighted by atomic mass is 10.3. The standard InChI is InChI=1S/C12H19BrN2O2S2/c1-3-18-7-6-9(2)15-19(16,17)12-8-10(14)4-5-11(12)13/h4-5,8-9,15H,3,6-7,14H2,1-2H3. The number of nitrogens with two attached hydrogens (primary N) is 1. The SMILES string of the molecule is CCSCCC(C)NS(=O)(=O)c1cc(N)ccc1Br. The van der Waals surface area contributed by atoms with Crippen molar-refractivity contribution in [3.05, 3.63) is 22.7 Å². The van der Waals surface area contributed by atoms with Crippen LogP contribution in [0.4, 0.5) is 5.69 Å². The first-order chi connectivity index (χ1) is 8.86. The Morgan fingerprint density at radius 1 is 1.47 bits per heavy atom. The fourth-order valence-corrected chi connectivity index (χ4v) is 4.60. The molecule has 1 unspecified atom stereocenters. The topological polar surface area (TPSA) is 72.2 Å². The van der Waals surface area contributed by atoms with Gasteiger partial charge in [-0.1, -0.05) is 6.92 Å². The van der Waals surface area contributed by atoms with Crippen LogP contribution in [0.25, 0.3) is 0 Å². The first-order valence-electron chi connectivity index (χ1n) is 6.02. The average molecular weight is 367 g/mol. The van der Waals surface area contributed by atoms with E-state index in [-0.39, 0.29) is 10.9 Å². The maximum atomic E-state index is 12.2. The van der Waals surface area contributed by atoms with Crippen LogP contribution in [-0.2, 0) is 10.0 Å². The Bertz CT molecular complexity index is 520. The number of nitrogens with one attached hydrogen (secondary N) is 1. The van der Waals surface area contributed by atoms with E-state index < -0.39 is 10.0 Å². The van der Waals surface area contributed by atoms with Gasteiger partial charge in [0.1, 0.15) is 0 Å². The number of hydrogen-bond acceptors (Lipinski definition) is 4. The molecule has 0 fully saturated rings. The predicted octanol–water partition coefficient (Wildman–Crippen LogP) is 2.84. The van der Waals surface area contributed by atoms with Crippen molar-refractivity contribution in [2.75, 3.05) is 17.2 Å². The molecule has 3 N–H and O–H groups in total. The van der Waals surface area contributed by atoms with Crippen LogP contribution < -0.4 is 10.5 Å². The molecule has 0 spiro atoms. The lowest BCUT2D eigenvalue weighted by Gasteiger charge is -2.15. The second-order valence-corrected chi connectivity index (χ2v) is 8.13. The summed E-state index contributed by atoms with van der Waals surface area (Å²) in [6.07, 6.45) is 0.803. The second-order valence-electron chi connectivity index (χ2n) is 4.20. The number of rotatable bonds is 7. The van der Waals surface area contributed by atoms with Gasteiger partial charge in [0.15, 0.2) is 0 Å². The fourth-order valence-electron chi connectivity index (χ4n) is 1.52. The van der Waals surface area contributed by atoms with Crippen molar-refractivity contribution in [2.45, 2.75) is 31.2 Å². The molecule has 19 heavy (non-hydrogen) atoms. The largest absolute Gasteiger partial charge is 0.399 e. The number of anilines is 1. The Morgan fingerprint density at radius 3 is 2.79 bits per heavy atom. The molecule has 1 aromatic carbocycles. The molecule has 0 heterocycles. The van der Waals surface area contributed by atoms with Crippen LogP contribution in [0.1, 0.15) is 20.3 Å². The van der Waals surface area contributed by atoms with E-state index in [1.807, 2.05) is 6.92 Å². The summed E-state index contributed by atoms with van der Waals surface area (Å²) < 4.78 is 27.7. The highest BCUT2D eigenvalue weighted by molar-refractivity contribution is 9.10. The molecule has 108 valence electrons. The number of nitrogen functional groups attached to an aromatic ring is 1. The predicted molar refractivity (Wildman–Crippen MR) is 86.0 cm³/mol. The third-order valence-electron chi connectivity index (χ3n) is 2.50. The third-order valence-corrected chi connectivity index (χ3v) is 6.02. The quantitative estimate of drug-likeness (QED) is 0.574. The van der Waals surface area contributed by atoms with E-state index in [9.17, 15) is 8.42 Å². The van der Waals surface area contributed by atoms with Crippen LogP contribution in [0, 0.1) is 0 Å². The minimum absolute atomic E-state index is 0.0996. The number of thioether (sulfide) groups is 1. The summed E-state index contributed by atoms with van der Waals surface area (Å²) in [6.45, 7) is 3.96. The Kier molecular flexibility index (Phi) is 6.65. The minimum atomic E-state index is -3.54. The molecule has 0 aromatic heterocycles. The molecule has 1 atom stereocenters. The van der Waals surface area contributed by atoms with E-state index in [0.717, 1.165) is 17.9 Å². The van der Waals surface area contributed by atoms with E-state index in [1.165, 1.54) is 6.07 Å².